The van der Waals surface area contributed by atoms with Crippen LogP contribution < -0.4 is 0 Å². The summed E-state index contributed by atoms with van der Waals surface area (Å²) in [6.07, 6.45) is 2.98. The lowest BCUT2D eigenvalue weighted by atomic mass is 10.4. The van der Waals surface area contributed by atoms with E-state index in [0.29, 0.717) is 6.54 Å². The van der Waals surface area contributed by atoms with E-state index in [1.807, 2.05) is 0 Å². The first-order valence-corrected chi connectivity index (χ1v) is 9.09. The van der Waals surface area contributed by atoms with Crippen molar-refractivity contribution in [3.63, 3.8) is 0 Å². The summed E-state index contributed by atoms with van der Waals surface area (Å²) in [7, 11) is -3.90. The van der Waals surface area contributed by atoms with Crippen molar-refractivity contribution in [1.82, 2.24) is 4.90 Å². The summed E-state index contributed by atoms with van der Waals surface area (Å²) >= 11 is 0. The molecule has 0 aromatic heterocycles. The molecule has 0 saturated heterocycles. The fourth-order valence-electron chi connectivity index (χ4n) is 1.82. The molecule has 0 aliphatic carbocycles. The van der Waals surface area contributed by atoms with Crippen molar-refractivity contribution in [3.05, 3.63) is 12.2 Å². The predicted molar refractivity (Wildman–Crippen MR) is 82.9 cm³/mol. The quantitative estimate of drug-likeness (QED) is 0.478. The number of rotatable bonds is 8. The van der Waals surface area contributed by atoms with Gasteiger partial charge < -0.3 is 18.2 Å². The van der Waals surface area contributed by atoms with Gasteiger partial charge in [-0.05, 0) is 19.9 Å². The second-order valence-corrected chi connectivity index (χ2v) is 7.11. The highest BCUT2D eigenvalue weighted by atomic mass is 28.4. The maximum Gasteiger partial charge on any atom is 0.706 e. The SMILES string of the molecule is CC=CC(=O)N(CC)CC[Si](OC(C)=O)(OC(C)=O)OC(C)=O. The van der Waals surface area contributed by atoms with E-state index in [4.69, 9.17) is 13.3 Å². The number of allylic oxidation sites excluding steroid dienone is 1. The second kappa shape index (κ2) is 9.77. The maximum atomic E-state index is 11.9. The summed E-state index contributed by atoms with van der Waals surface area (Å²) < 4.78 is 15.2. The third kappa shape index (κ3) is 8.14. The zero-order valence-electron chi connectivity index (χ0n) is 14.1. The average molecular weight is 345 g/mol. The van der Waals surface area contributed by atoms with Crippen LogP contribution in [0.4, 0.5) is 0 Å². The van der Waals surface area contributed by atoms with E-state index in [2.05, 4.69) is 0 Å². The third-order valence-electron chi connectivity index (χ3n) is 2.59. The highest BCUT2D eigenvalue weighted by Gasteiger charge is 2.51. The summed E-state index contributed by atoms with van der Waals surface area (Å²) in [5.41, 5.74) is 0. The Morgan fingerprint density at radius 2 is 1.39 bits per heavy atom. The molecular formula is C14H23NO7Si. The molecule has 0 heterocycles. The van der Waals surface area contributed by atoms with Gasteiger partial charge in [0.25, 0.3) is 17.9 Å². The summed E-state index contributed by atoms with van der Waals surface area (Å²) in [5.74, 6) is -2.45. The number of carbonyl (C=O) groups excluding carboxylic acids is 4. The molecule has 23 heavy (non-hydrogen) atoms. The van der Waals surface area contributed by atoms with Crippen LogP contribution in [0.1, 0.15) is 34.6 Å². The largest absolute Gasteiger partial charge is 0.706 e. The maximum absolute atomic E-state index is 11.9. The fraction of sp³-hybridized carbons (Fsp3) is 0.571. The van der Waals surface area contributed by atoms with Gasteiger partial charge in [-0.25, -0.2) is 0 Å². The second-order valence-electron chi connectivity index (χ2n) is 4.63. The monoisotopic (exact) mass is 345 g/mol. The van der Waals surface area contributed by atoms with Crippen molar-refractivity contribution >= 4 is 32.6 Å². The van der Waals surface area contributed by atoms with Crippen LogP contribution in [0.25, 0.3) is 0 Å². The number of carbonyl (C=O) groups is 4. The standard InChI is InChI=1S/C14H23NO7Si/c1-6-8-14(19)15(7-2)9-10-23(20-11(3)16,21-12(4)17)22-13(5)18/h6,8H,7,9-10H2,1-5H3. The van der Waals surface area contributed by atoms with E-state index < -0.39 is 26.7 Å². The minimum Gasteiger partial charge on any atom is -0.455 e. The topological polar surface area (TPSA) is 99.2 Å². The molecule has 0 saturated carbocycles. The first kappa shape index (κ1) is 20.8. The molecule has 0 unspecified atom stereocenters. The molecule has 0 aliphatic rings. The van der Waals surface area contributed by atoms with Gasteiger partial charge in [0.15, 0.2) is 0 Å². The van der Waals surface area contributed by atoms with E-state index in [9.17, 15) is 19.2 Å². The first-order chi connectivity index (χ1) is 10.7. The average Bonchev–Trinajstić information content (AvgIpc) is 2.36. The molecule has 1 amide bonds. The van der Waals surface area contributed by atoms with Gasteiger partial charge in [-0.15, -0.1) is 0 Å². The highest BCUT2D eigenvalue weighted by Crippen LogP contribution is 2.18. The van der Waals surface area contributed by atoms with Crippen LogP contribution in [0.2, 0.25) is 6.04 Å². The van der Waals surface area contributed by atoms with Crippen LogP contribution in [-0.2, 0) is 32.5 Å². The van der Waals surface area contributed by atoms with Gasteiger partial charge in [0.2, 0.25) is 5.91 Å². The minimum absolute atomic E-state index is 0.0666. The van der Waals surface area contributed by atoms with Crippen molar-refractivity contribution in [2.75, 3.05) is 13.1 Å². The Morgan fingerprint density at radius 3 is 1.70 bits per heavy atom. The number of hydrogen-bond donors (Lipinski definition) is 0. The summed E-state index contributed by atoms with van der Waals surface area (Å²) in [6, 6.07) is -0.0666. The number of amides is 1. The Kier molecular flexibility index (Phi) is 8.85. The van der Waals surface area contributed by atoms with Crippen LogP contribution >= 0.6 is 0 Å². The molecule has 0 bridgehead atoms. The smallest absolute Gasteiger partial charge is 0.455 e. The Labute approximate surface area is 136 Å². The zero-order chi connectivity index (χ0) is 18.0. The number of nitrogens with zero attached hydrogens (tertiary/aromatic N) is 1. The molecule has 0 aromatic rings. The molecule has 9 heteroatoms. The van der Waals surface area contributed by atoms with Crippen molar-refractivity contribution < 1.29 is 32.5 Å². The van der Waals surface area contributed by atoms with Crippen LogP contribution in [0.15, 0.2) is 12.2 Å². The number of hydrogen-bond acceptors (Lipinski definition) is 7. The van der Waals surface area contributed by atoms with E-state index in [0.717, 1.165) is 20.8 Å². The number of likely N-dealkylation sites (N-methyl/N-ethyl adjacent to an activating group) is 1. The molecule has 8 nitrogen and oxygen atoms in total. The van der Waals surface area contributed by atoms with E-state index in [1.54, 1.807) is 19.9 Å². The predicted octanol–water partition coefficient (Wildman–Crippen LogP) is 1.04. The lowest BCUT2D eigenvalue weighted by molar-refractivity contribution is -0.147. The van der Waals surface area contributed by atoms with Gasteiger partial charge >= 0.3 is 8.80 Å². The van der Waals surface area contributed by atoms with Gasteiger partial charge in [0, 0.05) is 33.9 Å². The van der Waals surface area contributed by atoms with Crippen LogP contribution in [0.5, 0.6) is 0 Å². The molecule has 0 rings (SSSR count). The molecule has 0 aromatic carbocycles. The van der Waals surface area contributed by atoms with E-state index in [-0.39, 0.29) is 18.5 Å². The molecule has 0 radical (unpaired) electrons. The van der Waals surface area contributed by atoms with Crippen molar-refractivity contribution in [3.8, 4) is 0 Å². The Morgan fingerprint density at radius 1 is 0.957 bits per heavy atom. The fourth-order valence-corrected chi connectivity index (χ4v) is 4.11. The van der Waals surface area contributed by atoms with Gasteiger partial charge in [0.05, 0.1) is 6.04 Å². The summed E-state index contributed by atoms with van der Waals surface area (Å²) in [6.45, 7) is 7.36. The minimum atomic E-state index is -3.90. The summed E-state index contributed by atoms with van der Waals surface area (Å²) in [5, 5.41) is 0. The molecular weight excluding hydrogens is 322 g/mol. The molecule has 0 spiro atoms. The molecule has 0 N–H and O–H groups in total. The molecule has 0 fully saturated rings. The summed E-state index contributed by atoms with van der Waals surface area (Å²) in [4.78, 5) is 47.3. The zero-order valence-corrected chi connectivity index (χ0v) is 15.1. The van der Waals surface area contributed by atoms with Gasteiger partial charge in [-0.2, -0.15) is 0 Å². The normalized spacial score (nSPS) is 11.0. The van der Waals surface area contributed by atoms with Crippen molar-refractivity contribution in [1.29, 1.82) is 0 Å². The molecule has 130 valence electrons. The highest BCUT2D eigenvalue weighted by molar-refractivity contribution is 6.65. The molecule has 0 aliphatic heterocycles. The first-order valence-electron chi connectivity index (χ1n) is 7.16. The van der Waals surface area contributed by atoms with Crippen molar-refractivity contribution in [2.45, 2.75) is 40.7 Å². The third-order valence-corrected chi connectivity index (χ3v) is 5.22. The van der Waals surface area contributed by atoms with Crippen molar-refractivity contribution in [2.24, 2.45) is 0 Å². The van der Waals surface area contributed by atoms with E-state index >= 15 is 0 Å². The Balaban J connectivity index is 5.31. The van der Waals surface area contributed by atoms with Gasteiger partial charge in [0.1, 0.15) is 0 Å². The molecule has 0 atom stereocenters. The van der Waals surface area contributed by atoms with Gasteiger partial charge in [-0.3, -0.25) is 19.2 Å². The lowest BCUT2D eigenvalue weighted by Crippen LogP contribution is -2.51. The van der Waals surface area contributed by atoms with Gasteiger partial charge in [-0.1, -0.05) is 6.08 Å². The van der Waals surface area contributed by atoms with Crippen LogP contribution in [-0.4, -0.2) is 50.6 Å². The van der Waals surface area contributed by atoms with Crippen LogP contribution in [0.3, 0.4) is 0 Å². The Bertz CT molecular complexity index is 449. The lowest BCUT2D eigenvalue weighted by Gasteiger charge is -2.28. The van der Waals surface area contributed by atoms with Crippen LogP contribution in [0, 0.1) is 0 Å². The van der Waals surface area contributed by atoms with E-state index in [1.165, 1.54) is 11.0 Å². The Hall–Kier alpha value is -2.16.